The Morgan fingerprint density at radius 1 is 1.05 bits per heavy atom. The van der Waals surface area contributed by atoms with E-state index in [-0.39, 0.29) is 4.75 Å². The summed E-state index contributed by atoms with van der Waals surface area (Å²) in [5.74, 6) is 0.677. The van der Waals surface area contributed by atoms with Crippen LogP contribution in [0, 0.1) is 6.92 Å². The third kappa shape index (κ3) is 2.63. The van der Waals surface area contributed by atoms with E-state index in [1.54, 1.807) is 0 Å². The van der Waals surface area contributed by atoms with Crippen molar-refractivity contribution in [2.75, 3.05) is 6.54 Å². The van der Waals surface area contributed by atoms with Crippen molar-refractivity contribution in [2.24, 2.45) is 5.73 Å². The fourth-order valence-corrected chi connectivity index (χ4v) is 4.49. The molecule has 0 saturated heterocycles. The number of aryl methyl sites for hydroxylation is 1. The molecule has 0 radical (unpaired) electrons. The van der Waals surface area contributed by atoms with Crippen LogP contribution in [0.1, 0.15) is 29.9 Å². The van der Waals surface area contributed by atoms with Crippen molar-refractivity contribution < 1.29 is 0 Å². The number of nitrogens with two attached hydrogens (primary N) is 1. The minimum Gasteiger partial charge on any atom is -0.329 e. The van der Waals surface area contributed by atoms with Crippen LogP contribution in [0.25, 0.3) is 0 Å². The molecule has 2 aromatic rings. The van der Waals surface area contributed by atoms with Crippen molar-refractivity contribution >= 4 is 11.8 Å². The van der Waals surface area contributed by atoms with Gasteiger partial charge in [-0.25, -0.2) is 0 Å². The highest BCUT2D eigenvalue weighted by Gasteiger charge is 2.44. The van der Waals surface area contributed by atoms with Crippen molar-refractivity contribution in [3.63, 3.8) is 0 Å². The van der Waals surface area contributed by atoms with Crippen LogP contribution in [0.2, 0.25) is 0 Å². The van der Waals surface area contributed by atoms with Crippen LogP contribution in [0.5, 0.6) is 0 Å². The van der Waals surface area contributed by atoms with Gasteiger partial charge >= 0.3 is 0 Å². The van der Waals surface area contributed by atoms with Crippen molar-refractivity contribution in [1.82, 2.24) is 0 Å². The van der Waals surface area contributed by atoms with Gasteiger partial charge in [-0.15, -0.1) is 11.8 Å². The van der Waals surface area contributed by atoms with E-state index in [4.69, 9.17) is 5.73 Å². The van der Waals surface area contributed by atoms with Crippen LogP contribution in [0.3, 0.4) is 0 Å². The van der Waals surface area contributed by atoms with E-state index in [1.807, 2.05) is 11.8 Å². The summed E-state index contributed by atoms with van der Waals surface area (Å²) < 4.78 is 0.229. The predicted molar refractivity (Wildman–Crippen MR) is 87.2 cm³/mol. The summed E-state index contributed by atoms with van der Waals surface area (Å²) in [6.45, 7) is 2.94. The number of hydrogen-bond donors (Lipinski definition) is 1. The Kier molecular flexibility index (Phi) is 3.86. The van der Waals surface area contributed by atoms with E-state index in [2.05, 4.69) is 61.5 Å². The number of benzene rings is 2. The van der Waals surface area contributed by atoms with Crippen molar-refractivity contribution in [1.29, 1.82) is 0 Å². The maximum Gasteiger partial charge on any atom is 0.0341 e. The first-order valence-corrected chi connectivity index (χ1v) is 8.04. The third-order valence-corrected chi connectivity index (χ3v) is 5.91. The van der Waals surface area contributed by atoms with Crippen LogP contribution in [-0.2, 0) is 0 Å². The standard InChI is InChI=1S/C18H21NS/c1-14-7-5-6-10-17(14)20-18(13-19)11-16(12-18)15-8-3-2-4-9-15/h2-10,16H,11-13,19H2,1H3. The topological polar surface area (TPSA) is 26.0 Å². The molecule has 20 heavy (non-hydrogen) atoms. The second-order valence-corrected chi connectivity index (χ2v) is 7.28. The lowest BCUT2D eigenvalue weighted by atomic mass is 9.70. The van der Waals surface area contributed by atoms with Gasteiger partial charge in [0.15, 0.2) is 0 Å². The van der Waals surface area contributed by atoms with Crippen LogP contribution in [-0.4, -0.2) is 11.3 Å². The molecule has 104 valence electrons. The molecule has 1 fully saturated rings. The minimum absolute atomic E-state index is 0.229. The average molecular weight is 283 g/mol. The van der Waals surface area contributed by atoms with Gasteiger partial charge in [-0.1, -0.05) is 48.5 Å². The van der Waals surface area contributed by atoms with Gasteiger partial charge in [-0.2, -0.15) is 0 Å². The molecule has 3 rings (SSSR count). The number of thioether (sulfide) groups is 1. The van der Waals surface area contributed by atoms with Gasteiger partial charge in [0.2, 0.25) is 0 Å². The largest absolute Gasteiger partial charge is 0.329 e. The molecule has 0 bridgehead atoms. The van der Waals surface area contributed by atoms with Crippen molar-refractivity contribution in [3.05, 3.63) is 65.7 Å². The Bertz CT molecular complexity index is 573. The van der Waals surface area contributed by atoms with Gasteiger partial charge < -0.3 is 5.73 Å². The van der Waals surface area contributed by atoms with E-state index in [0.717, 1.165) is 6.54 Å². The van der Waals surface area contributed by atoms with E-state index in [9.17, 15) is 0 Å². The molecule has 2 N–H and O–H groups in total. The average Bonchev–Trinajstić information content (AvgIpc) is 2.45. The summed E-state index contributed by atoms with van der Waals surface area (Å²) >= 11 is 1.98. The minimum atomic E-state index is 0.229. The monoisotopic (exact) mass is 283 g/mol. The predicted octanol–water partition coefficient (Wildman–Crippen LogP) is 4.36. The summed E-state index contributed by atoms with van der Waals surface area (Å²) in [6.07, 6.45) is 2.37. The molecule has 2 aromatic carbocycles. The Balaban J connectivity index is 1.72. The van der Waals surface area contributed by atoms with Gasteiger partial charge in [0, 0.05) is 16.2 Å². The highest BCUT2D eigenvalue weighted by atomic mass is 32.2. The summed E-state index contributed by atoms with van der Waals surface area (Å²) in [7, 11) is 0. The Morgan fingerprint density at radius 2 is 1.70 bits per heavy atom. The SMILES string of the molecule is Cc1ccccc1SC1(CN)CC(c2ccccc2)C1. The van der Waals surface area contributed by atoms with Gasteiger partial charge in [0.25, 0.3) is 0 Å². The van der Waals surface area contributed by atoms with Gasteiger partial charge in [-0.3, -0.25) is 0 Å². The molecule has 0 heterocycles. The molecule has 0 aromatic heterocycles. The molecule has 0 atom stereocenters. The fraction of sp³-hybridized carbons (Fsp3) is 0.333. The van der Waals surface area contributed by atoms with E-state index in [1.165, 1.54) is 28.9 Å². The van der Waals surface area contributed by atoms with E-state index in [0.29, 0.717) is 5.92 Å². The quantitative estimate of drug-likeness (QED) is 0.902. The lowest BCUT2D eigenvalue weighted by molar-refractivity contribution is 0.313. The first-order valence-electron chi connectivity index (χ1n) is 7.22. The zero-order valence-corrected chi connectivity index (χ0v) is 12.7. The molecule has 1 aliphatic rings. The number of rotatable bonds is 4. The molecular weight excluding hydrogens is 262 g/mol. The molecule has 0 aliphatic heterocycles. The first-order chi connectivity index (χ1) is 9.72. The third-order valence-electron chi connectivity index (χ3n) is 4.30. The first kappa shape index (κ1) is 13.7. The summed E-state index contributed by atoms with van der Waals surface area (Å²) in [6, 6.07) is 19.4. The van der Waals surface area contributed by atoms with Crippen LogP contribution < -0.4 is 5.73 Å². The van der Waals surface area contributed by atoms with Crippen molar-refractivity contribution in [2.45, 2.75) is 35.3 Å². The summed E-state index contributed by atoms with van der Waals surface area (Å²) in [5, 5.41) is 0. The molecule has 1 saturated carbocycles. The van der Waals surface area contributed by atoms with Gasteiger partial charge in [0.1, 0.15) is 0 Å². The second-order valence-electron chi connectivity index (χ2n) is 5.77. The smallest absolute Gasteiger partial charge is 0.0341 e. The highest BCUT2D eigenvalue weighted by Crippen LogP contribution is 2.54. The Morgan fingerprint density at radius 3 is 2.35 bits per heavy atom. The molecular formula is C18H21NS. The summed E-state index contributed by atoms with van der Waals surface area (Å²) in [5.41, 5.74) is 8.90. The van der Waals surface area contributed by atoms with E-state index >= 15 is 0 Å². The van der Waals surface area contributed by atoms with Crippen molar-refractivity contribution in [3.8, 4) is 0 Å². The second kappa shape index (κ2) is 5.63. The molecule has 0 unspecified atom stereocenters. The number of hydrogen-bond acceptors (Lipinski definition) is 2. The van der Waals surface area contributed by atoms with Crippen LogP contribution >= 0.6 is 11.8 Å². The summed E-state index contributed by atoms with van der Waals surface area (Å²) in [4.78, 5) is 1.38. The Labute approximate surface area is 125 Å². The molecule has 1 aliphatic carbocycles. The van der Waals surface area contributed by atoms with Gasteiger partial charge in [-0.05, 0) is 42.9 Å². The lowest BCUT2D eigenvalue weighted by Crippen LogP contribution is -2.45. The zero-order chi connectivity index (χ0) is 14.0. The van der Waals surface area contributed by atoms with Gasteiger partial charge in [0.05, 0.1) is 0 Å². The molecule has 1 nitrogen and oxygen atoms in total. The van der Waals surface area contributed by atoms with Crippen LogP contribution in [0.4, 0.5) is 0 Å². The normalized spacial score (nSPS) is 25.2. The Hall–Kier alpha value is -1.25. The molecule has 0 amide bonds. The molecule has 0 spiro atoms. The van der Waals surface area contributed by atoms with E-state index < -0.39 is 0 Å². The zero-order valence-electron chi connectivity index (χ0n) is 11.9. The fourth-order valence-electron chi connectivity index (χ4n) is 3.00. The molecule has 2 heteroatoms. The lowest BCUT2D eigenvalue weighted by Gasteiger charge is -2.47. The highest BCUT2D eigenvalue weighted by molar-refractivity contribution is 8.00. The van der Waals surface area contributed by atoms with Crippen LogP contribution in [0.15, 0.2) is 59.5 Å². The maximum atomic E-state index is 6.09. The maximum absolute atomic E-state index is 6.09.